The molecule has 1 heterocycles. The number of aliphatic carboxylic acids is 1. The Morgan fingerprint density at radius 1 is 1.38 bits per heavy atom. The molecule has 0 fully saturated rings. The zero-order chi connectivity index (χ0) is 19.3. The second-order valence-electron chi connectivity index (χ2n) is 5.19. The maximum Gasteiger partial charge on any atom is 0.330 e. The van der Waals surface area contributed by atoms with Crippen LogP contribution in [0.2, 0.25) is 5.02 Å². The molecule has 1 aromatic carbocycles. The maximum absolute atomic E-state index is 13.6. The third kappa shape index (κ3) is 4.64. The molecule has 138 valence electrons. The fourth-order valence-corrected chi connectivity index (χ4v) is 2.21. The summed E-state index contributed by atoms with van der Waals surface area (Å²) < 4.78 is 19.5. The lowest BCUT2D eigenvalue weighted by molar-refractivity contribution is -0.139. The molecule has 1 unspecified atom stereocenters. The summed E-state index contributed by atoms with van der Waals surface area (Å²) in [4.78, 5) is 35.5. The molecule has 1 amide bonds. The summed E-state index contributed by atoms with van der Waals surface area (Å²) in [6.45, 7) is 0.334. The van der Waals surface area contributed by atoms with Crippen LogP contribution >= 0.6 is 11.6 Å². The molecule has 0 saturated carbocycles. The Labute approximate surface area is 152 Å². The molecule has 1 atom stereocenters. The molecule has 0 aliphatic heterocycles. The van der Waals surface area contributed by atoms with Crippen molar-refractivity contribution in [2.45, 2.75) is 12.6 Å². The molecule has 10 heteroatoms. The van der Waals surface area contributed by atoms with Crippen molar-refractivity contribution in [2.24, 2.45) is 0 Å². The van der Waals surface area contributed by atoms with Crippen LogP contribution in [0.3, 0.4) is 0 Å². The van der Waals surface area contributed by atoms with Gasteiger partial charge in [0.1, 0.15) is 11.5 Å². The summed E-state index contributed by atoms with van der Waals surface area (Å²) in [6, 6.07) is 4.19. The lowest BCUT2D eigenvalue weighted by Crippen LogP contribution is -2.36. The fourth-order valence-electron chi connectivity index (χ4n) is 2.09. The molecule has 0 bridgehead atoms. The zero-order valence-corrected chi connectivity index (χ0v) is 14.4. The van der Waals surface area contributed by atoms with Crippen LogP contribution < -0.4 is 10.9 Å². The third-order valence-corrected chi connectivity index (χ3v) is 3.71. The van der Waals surface area contributed by atoms with Crippen molar-refractivity contribution in [3.63, 3.8) is 0 Å². The number of carboxylic acid groups (broad SMARTS) is 1. The number of carboxylic acids is 1. The number of carbonyl (C=O) groups excluding carboxylic acids is 1. The van der Waals surface area contributed by atoms with Gasteiger partial charge in [-0.25, -0.2) is 13.9 Å². The molecule has 0 aliphatic carbocycles. The minimum Gasteiger partial charge on any atom is -0.479 e. The van der Waals surface area contributed by atoms with Gasteiger partial charge in [0.05, 0.1) is 18.2 Å². The Morgan fingerprint density at radius 3 is 2.73 bits per heavy atom. The average Bonchev–Trinajstić information content (AvgIpc) is 2.61. The number of hydrogen-bond acceptors (Lipinski definition) is 5. The van der Waals surface area contributed by atoms with E-state index in [1.54, 1.807) is 0 Å². The van der Waals surface area contributed by atoms with Crippen LogP contribution in [0.4, 0.5) is 4.39 Å². The molecule has 2 rings (SSSR count). The van der Waals surface area contributed by atoms with E-state index in [4.69, 9.17) is 16.3 Å². The number of nitrogens with one attached hydrogen (secondary N) is 1. The van der Waals surface area contributed by atoms with E-state index in [-0.39, 0.29) is 29.4 Å². The van der Waals surface area contributed by atoms with Crippen molar-refractivity contribution >= 4 is 23.5 Å². The van der Waals surface area contributed by atoms with E-state index in [9.17, 15) is 23.9 Å². The molecule has 1 aromatic heterocycles. The monoisotopic (exact) mass is 383 g/mol. The number of methoxy groups -OCH3 is 1. The zero-order valence-electron chi connectivity index (χ0n) is 13.6. The largest absolute Gasteiger partial charge is 0.479 e. The van der Waals surface area contributed by atoms with Crippen molar-refractivity contribution < 1.29 is 23.8 Å². The van der Waals surface area contributed by atoms with Gasteiger partial charge in [0.25, 0.3) is 11.5 Å². The van der Waals surface area contributed by atoms with Gasteiger partial charge >= 0.3 is 5.97 Å². The smallest absolute Gasteiger partial charge is 0.330 e. The summed E-state index contributed by atoms with van der Waals surface area (Å²) in [5.74, 6) is -3.04. The Bertz CT molecular complexity index is 886. The Hall–Kier alpha value is -2.78. The van der Waals surface area contributed by atoms with Gasteiger partial charge in [-0.15, -0.1) is 0 Å². The second kappa shape index (κ2) is 8.54. The quantitative estimate of drug-likeness (QED) is 0.744. The number of benzene rings is 1. The molecule has 0 radical (unpaired) electrons. The molecule has 0 saturated heterocycles. The minimum absolute atomic E-state index is 0.000421. The predicted molar refractivity (Wildman–Crippen MR) is 89.6 cm³/mol. The van der Waals surface area contributed by atoms with Crippen LogP contribution in [0.5, 0.6) is 0 Å². The second-order valence-corrected chi connectivity index (χ2v) is 5.60. The fraction of sp³-hybridized carbons (Fsp3) is 0.250. The van der Waals surface area contributed by atoms with Gasteiger partial charge in [0.15, 0.2) is 6.04 Å². The van der Waals surface area contributed by atoms with E-state index in [1.165, 1.54) is 25.3 Å². The number of aromatic nitrogens is 2. The van der Waals surface area contributed by atoms with Crippen molar-refractivity contribution in [3.05, 3.63) is 62.8 Å². The molecule has 2 aromatic rings. The van der Waals surface area contributed by atoms with E-state index in [0.29, 0.717) is 0 Å². The summed E-state index contributed by atoms with van der Waals surface area (Å²) >= 11 is 5.58. The Morgan fingerprint density at radius 2 is 2.12 bits per heavy atom. The standard InChI is InChI=1S/C16H15ClFN3O5/c1-26-7-6-21-13(22)5-4-12(20-21)15(23)19-14(16(24)25)9-2-3-10(17)11(18)8-9/h2-5,8,14H,6-7H2,1H3,(H,19,23)(H,24,25). The first-order valence-corrected chi connectivity index (χ1v) is 7.77. The van der Waals surface area contributed by atoms with Gasteiger partial charge < -0.3 is 15.2 Å². The van der Waals surface area contributed by atoms with Crippen LogP contribution in [0, 0.1) is 5.82 Å². The molecule has 8 nitrogen and oxygen atoms in total. The van der Waals surface area contributed by atoms with Crippen molar-refractivity contribution in [3.8, 4) is 0 Å². The molecular formula is C16H15ClFN3O5. The van der Waals surface area contributed by atoms with Gasteiger partial charge in [-0.2, -0.15) is 5.10 Å². The third-order valence-electron chi connectivity index (χ3n) is 3.41. The molecular weight excluding hydrogens is 369 g/mol. The number of amides is 1. The highest BCUT2D eigenvalue weighted by Gasteiger charge is 2.24. The minimum atomic E-state index is -1.52. The topological polar surface area (TPSA) is 111 Å². The number of halogens is 2. The lowest BCUT2D eigenvalue weighted by Gasteiger charge is -2.15. The average molecular weight is 384 g/mol. The first-order chi connectivity index (χ1) is 12.3. The van der Waals surface area contributed by atoms with Gasteiger partial charge in [-0.05, 0) is 23.8 Å². The summed E-state index contributed by atoms with van der Waals surface area (Å²) in [7, 11) is 1.45. The van der Waals surface area contributed by atoms with Crippen LogP contribution in [-0.4, -0.2) is 40.5 Å². The molecule has 2 N–H and O–H groups in total. The van der Waals surface area contributed by atoms with Crippen molar-refractivity contribution in [1.82, 2.24) is 15.1 Å². The van der Waals surface area contributed by atoms with E-state index < -0.39 is 29.3 Å². The highest BCUT2D eigenvalue weighted by Crippen LogP contribution is 2.21. The highest BCUT2D eigenvalue weighted by atomic mass is 35.5. The maximum atomic E-state index is 13.6. The highest BCUT2D eigenvalue weighted by molar-refractivity contribution is 6.30. The molecule has 0 spiro atoms. The SMILES string of the molecule is COCCn1nc(C(=O)NC(C(=O)O)c2ccc(Cl)c(F)c2)ccc1=O. The Kier molecular flexibility index (Phi) is 6.42. The van der Waals surface area contributed by atoms with Crippen LogP contribution in [0.15, 0.2) is 35.1 Å². The van der Waals surface area contributed by atoms with Gasteiger partial charge in [0.2, 0.25) is 0 Å². The van der Waals surface area contributed by atoms with Gasteiger partial charge in [-0.1, -0.05) is 17.7 Å². The summed E-state index contributed by atoms with van der Waals surface area (Å²) in [5.41, 5.74) is -0.602. The molecule has 26 heavy (non-hydrogen) atoms. The van der Waals surface area contributed by atoms with Gasteiger partial charge in [-0.3, -0.25) is 9.59 Å². The lowest BCUT2D eigenvalue weighted by atomic mass is 10.1. The summed E-state index contributed by atoms with van der Waals surface area (Å²) in [6.07, 6.45) is 0. The van der Waals surface area contributed by atoms with Crippen LogP contribution in [0.25, 0.3) is 0 Å². The summed E-state index contributed by atoms with van der Waals surface area (Å²) in [5, 5.41) is 15.3. The number of nitrogens with zero attached hydrogens (tertiary/aromatic N) is 2. The Balaban J connectivity index is 2.26. The predicted octanol–water partition coefficient (Wildman–Crippen LogP) is 1.24. The van der Waals surface area contributed by atoms with E-state index in [0.717, 1.165) is 16.8 Å². The number of carbonyl (C=O) groups is 2. The van der Waals surface area contributed by atoms with E-state index >= 15 is 0 Å². The van der Waals surface area contributed by atoms with Crippen molar-refractivity contribution in [1.29, 1.82) is 0 Å². The number of rotatable bonds is 7. The van der Waals surface area contributed by atoms with E-state index in [2.05, 4.69) is 10.4 Å². The first kappa shape index (κ1) is 19.5. The first-order valence-electron chi connectivity index (χ1n) is 7.39. The van der Waals surface area contributed by atoms with Crippen LogP contribution in [-0.2, 0) is 16.1 Å². The number of hydrogen-bond donors (Lipinski definition) is 2. The van der Waals surface area contributed by atoms with E-state index in [1.807, 2.05) is 0 Å². The van der Waals surface area contributed by atoms with Gasteiger partial charge in [0, 0.05) is 13.2 Å². The normalized spacial score (nSPS) is 11.8. The molecule has 0 aliphatic rings. The van der Waals surface area contributed by atoms with Crippen molar-refractivity contribution in [2.75, 3.05) is 13.7 Å². The number of ether oxygens (including phenoxy) is 1. The van der Waals surface area contributed by atoms with Crippen LogP contribution in [0.1, 0.15) is 22.1 Å².